The predicted octanol–water partition coefficient (Wildman–Crippen LogP) is 0.335. The Kier molecular flexibility index (Phi) is 0.581. The molecule has 0 aromatic heterocycles. The molecule has 0 saturated heterocycles. The Morgan fingerprint density at radius 3 is 1.75 bits per heavy atom. The molecular weight excluding hydrogens is 60.0 g/mol. The molecule has 0 aromatic rings. The molecule has 1 radical (unpaired) electrons. The maximum absolute atomic E-state index is 8.56. The lowest BCUT2D eigenvalue weighted by Crippen LogP contribution is -1.81. The van der Waals surface area contributed by atoms with Crippen LogP contribution in [0.1, 0.15) is 1.43 Å². The summed E-state index contributed by atoms with van der Waals surface area (Å²) in [5, 5.41) is 13.9. The molecule has 0 aliphatic rings. The van der Waals surface area contributed by atoms with Gasteiger partial charge in [0.05, 0.1) is 0 Å². The molecule has 0 bridgehead atoms. The number of hydrogen-bond donors (Lipinski definition) is 2. The van der Waals surface area contributed by atoms with Crippen LogP contribution in [0.15, 0.2) is 0 Å². The normalized spacial score (nSPS) is 6.00. The van der Waals surface area contributed by atoms with Crippen LogP contribution in [0.25, 0.3) is 0 Å². The predicted molar refractivity (Wildman–Crippen MR) is 11.8 cm³/mol. The van der Waals surface area contributed by atoms with Gasteiger partial charge in [-0.05, 0) is 0 Å². The molecule has 0 aromatic carbocycles. The maximum atomic E-state index is 8.56. The summed E-state index contributed by atoms with van der Waals surface area (Å²) in [5.74, 6) is 0. The van der Waals surface area contributed by atoms with Gasteiger partial charge in [-0.1, -0.05) is 0 Å². The van der Waals surface area contributed by atoms with Crippen LogP contribution in [0.2, 0.25) is 0 Å². The molecule has 4 heavy (non-hydrogen) atoms. The zero-order chi connectivity index (χ0) is 3.58. The fraction of sp³-hybridized carbons (Fsp3) is 0. The number of hydrogen-bond acceptors (Lipinski definition) is 1. The summed E-state index contributed by atoms with van der Waals surface area (Å²) < 4.78 is 0. The topological polar surface area (TPSA) is 57.5 Å². The lowest BCUT2D eigenvalue weighted by molar-refractivity contribution is 0.137. The van der Waals surface area contributed by atoms with E-state index >= 15 is 0 Å². The maximum Gasteiger partial charge on any atom is 0.503 e. The highest BCUT2D eigenvalue weighted by atomic mass is 16.6. The van der Waals surface area contributed by atoms with Crippen LogP contribution in [-0.2, 0) is 0 Å². The second-order valence-corrected chi connectivity index (χ2v) is 0.283. The van der Waals surface area contributed by atoms with Crippen molar-refractivity contribution in [2.75, 3.05) is 0 Å². The zero-order valence-corrected chi connectivity index (χ0v) is 1.80. The molecule has 0 amide bonds. The number of rotatable bonds is 0. The van der Waals surface area contributed by atoms with E-state index in [1.54, 1.807) is 0 Å². The minimum Gasteiger partial charge on any atom is -0.450 e. The van der Waals surface area contributed by atoms with Gasteiger partial charge in [-0.2, -0.15) is 0 Å². The molecule has 0 atom stereocenters. The van der Waals surface area contributed by atoms with Crippen LogP contribution in [-0.4, -0.2) is 16.4 Å². The van der Waals surface area contributed by atoms with Crippen molar-refractivity contribution < 1.29 is 16.4 Å². The Morgan fingerprint density at radius 2 is 1.75 bits per heavy atom. The first-order valence-electron chi connectivity index (χ1n) is 0.651. The molecule has 0 unspecified atom stereocenters. The van der Waals surface area contributed by atoms with Crippen LogP contribution in [0, 0.1) is 0 Å². The van der Waals surface area contributed by atoms with Crippen LogP contribution in [0.3, 0.4) is 0 Å². The molecule has 2 N–H and O–H groups in total. The lowest BCUT2D eigenvalue weighted by Gasteiger charge is -1.60. The molecule has 0 aliphatic heterocycles. The van der Waals surface area contributed by atoms with Crippen LogP contribution in [0.5, 0.6) is 0 Å². The SMILES string of the molecule is O=C(O)O.[2H]. The summed E-state index contributed by atoms with van der Waals surface area (Å²) in [4.78, 5) is 8.56. The van der Waals surface area contributed by atoms with Gasteiger partial charge in [0.2, 0.25) is 0 Å². The Hall–Kier alpha value is -0.730. The molecule has 0 rings (SSSR count). The highest BCUT2D eigenvalue weighted by molar-refractivity contribution is 5.53. The van der Waals surface area contributed by atoms with Crippen LogP contribution >= 0.6 is 0 Å². The smallest absolute Gasteiger partial charge is 0.450 e. The second kappa shape index (κ2) is 0.711. The summed E-state index contributed by atoms with van der Waals surface area (Å²) in [5.41, 5.74) is 0. The highest BCUT2D eigenvalue weighted by Crippen LogP contribution is 1.42. The Bertz CT molecular complexity index is 29.9. The lowest BCUT2D eigenvalue weighted by atomic mass is 11.5. The second-order valence-electron chi connectivity index (χ2n) is 0.283. The standard InChI is InChI=1S/CH2O3.H/c2-1(3)4;/h(H2,2,3,4);/i;1+1. The average molecular weight is 64.0 g/mol. The van der Waals surface area contributed by atoms with Gasteiger partial charge in [0.15, 0.2) is 0 Å². The van der Waals surface area contributed by atoms with Gasteiger partial charge in [0.25, 0.3) is 0 Å². The zero-order valence-electron chi connectivity index (χ0n) is 2.80. The van der Waals surface area contributed by atoms with Gasteiger partial charge >= 0.3 is 6.16 Å². The van der Waals surface area contributed by atoms with Crippen molar-refractivity contribution in [3.05, 3.63) is 0 Å². The van der Waals surface area contributed by atoms with Crippen molar-refractivity contribution in [2.45, 2.75) is 0 Å². The van der Waals surface area contributed by atoms with Gasteiger partial charge in [-0.15, -0.1) is 0 Å². The van der Waals surface area contributed by atoms with Crippen LogP contribution < -0.4 is 0 Å². The third-order valence-electron chi connectivity index (χ3n) is 0. The van der Waals surface area contributed by atoms with Gasteiger partial charge in [0.1, 0.15) is 0 Å². The molecule has 0 aliphatic carbocycles. The molecule has 0 fully saturated rings. The molecule has 0 spiro atoms. The summed E-state index contributed by atoms with van der Waals surface area (Å²) in [6, 6.07) is 0. The van der Waals surface area contributed by atoms with Gasteiger partial charge in [-0.25, -0.2) is 4.79 Å². The minimum absolute atomic E-state index is 0. The van der Waals surface area contributed by atoms with Crippen molar-refractivity contribution in [3.8, 4) is 0 Å². The highest BCUT2D eigenvalue weighted by Gasteiger charge is 1.70. The van der Waals surface area contributed by atoms with E-state index in [0.29, 0.717) is 0 Å². The van der Waals surface area contributed by atoms with E-state index < -0.39 is 6.16 Å². The summed E-state index contributed by atoms with van der Waals surface area (Å²) >= 11 is 0. The van der Waals surface area contributed by atoms with Crippen molar-refractivity contribution in [1.82, 2.24) is 0 Å². The van der Waals surface area contributed by atoms with Gasteiger partial charge < -0.3 is 10.2 Å². The quantitative estimate of drug-likeness (QED) is 0.427. The largest absolute Gasteiger partial charge is 0.503 e. The first-order chi connectivity index (χ1) is 1.73. The van der Waals surface area contributed by atoms with Crippen LogP contribution in [0.4, 0.5) is 4.79 Å². The van der Waals surface area contributed by atoms with E-state index in [0.717, 1.165) is 0 Å². The summed E-state index contributed by atoms with van der Waals surface area (Å²) in [6.07, 6.45) is -1.83. The van der Waals surface area contributed by atoms with E-state index in [-0.39, 0.29) is 1.43 Å². The minimum atomic E-state index is -1.83. The average Bonchev–Trinajstić information content (AvgIpc) is 0.811. The molecule has 3 nitrogen and oxygen atoms in total. The molecule has 0 saturated carbocycles. The van der Waals surface area contributed by atoms with E-state index in [4.69, 9.17) is 15.0 Å². The van der Waals surface area contributed by atoms with Crippen molar-refractivity contribution in [3.63, 3.8) is 0 Å². The molecular formula is CH3O3. The first-order valence-corrected chi connectivity index (χ1v) is 0.651. The number of carbonyl (C=O) groups is 1. The molecule has 0 heterocycles. The van der Waals surface area contributed by atoms with Gasteiger partial charge in [-0.3, -0.25) is 0 Å². The van der Waals surface area contributed by atoms with E-state index in [1.807, 2.05) is 0 Å². The monoisotopic (exact) mass is 64.0 g/mol. The van der Waals surface area contributed by atoms with E-state index in [9.17, 15) is 0 Å². The Morgan fingerprint density at radius 1 is 1.75 bits per heavy atom. The summed E-state index contributed by atoms with van der Waals surface area (Å²) in [6.45, 7) is 0. The van der Waals surface area contributed by atoms with Gasteiger partial charge in [0, 0.05) is 1.43 Å². The van der Waals surface area contributed by atoms with E-state index in [1.165, 1.54) is 0 Å². The van der Waals surface area contributed by atoms with Crippen molar-refractivity contribution in [2.24, 2.45) is 0 Å². The summed E-state index contributed by atoms with van der Waals surface area (Å²) in [7, 11) is 0. The van der Waals surface area contributed by atoms with Crippen molar-refractivity contribution in [1.29, 1.82) is 0 Å². The molecule has 3 heteroatoms. The fourth-order valence-corrected chi connectivity index (χ4v) is 0. The van der Waals surface area contributed by atoms with Crippen molar-refractivity contribution >= 4 is 6.16 Å². The molecule has 25 valence electrons. The fourth-order valence-electron chi connectivity index (χ4n) is 0. The van der Waals surface area contributed by atoms with E-state index in [2.05, 4.69) is 0 Å². The third kappa shape index (κ3) is 0.174. The Labute approximate surface area is 24.0 Å². The Balaban J connectivity index is 0. The number of carboxylic acid groups (broad SMARTS) is 2. The third-order valence-corrected chi connectivity index (χ3v) is 0. The first kappa shape index (κ1) is 3.27.